The Hall–Kier alpha value is -4.44. The molecular weight excluding hydrogens is 484 g/mol. The molecule has 0 bridgehead atoms. The second-order valence-electron chi connectivity index (χ2n) is 7.68. The van der Waals surface area contributed by atoms with Crippen molar-refractivity contribution in [2.45, 2.75) is 11.8 Å². The first kappa shape index (κ1) is 24.7. The first-order valence-corrected chi connectivity index (χ1v) is 12.1. The zero-order valence-electron chi connectivity index (χ0n) is 19.7. The SMILES string of the molecule is COC(=O)c1c(-c2ccc(OS(=O)(=O)c3ccc(C)cc3)cc2)nn(-c2ccccc2)c1C(=O)OC. The third-order valence-electron chi connectivity index (χ3n) is 5.30. The van der Waals surface area contributed by atoms with E-state index in [0.717, 1.165) is 5.56 Å². The average molecular weight is 507 g/mol. The molecule has 0 fully saturated rings. The number of aromatic nitrogens is 2. The number of carbonyl (C=O) groups is 2. The van der Waals surface area contributed by atoms with Crippen LogP contribution in [0.1, 0.15) is 26.4 Å². The van der Waals surface area contributed by atoms with Crippen LogP contribution in [0.4, 0.5) is 0 Å². The van der Waals surface area contributed by atoms with E-state index in [1.807, 2.05) is 6.92 Å². The molecule has 0 spiro atoms. The van der Waals surface area contributed by atoms with E-state index in [9.17, 15) is 18.0 Å². The molecule has 36 heavy (non-hydrogen) atoms. The molecule has 0 unspecified atom stereocenters. The van der Waals surface area contributed by atoms with Gasteiger partial charge in [-0.1, -0.05) is 35.9 Å². The molecule has 0 saturated heterocycles. The van der Waals surface area contributed by atoms with E-state index >= 15 is 0 Å². The highest BCUT2D eigenvalue weighted by atomic mass is 32.2. The smallest absolute Gasteiger partial charge is 0.357 e. The van der Waals surface area contributed by atoms with Crippen LogP contribution in [0.5, 0.6) is 5.75 Å². The summed E-state index contributed by atoms with van der Waals surface area (Å²) in [6, 6.07) is 21.0. The Balaban J connectivity index is 1.77. The van der Waals surface area contributed by atoms with Gasteiger partial charge in [-0.05, 0) is 55.5 Å². The third-order valence-corrected chi connectivity index (χ3v) is 6.56. The van der Waals surface area contributed by atoms with Gasteiger partial charge < -0.3 is 13.7 Å². The number of rotatable bonds is 7. The number of methoxy groups -OCH3 is 2. The molecule has 0 atom stereocenters. The van der Waals surface area contributed by atoms with Gasteiger partial charge in [0.25, 0.3) is 0 Å². The van der Waals surface area contributed by atoms with Crippen LogP contribution >= 0.6 is 0 Å². The van der Waals surface area contributed by atoms with Crippen molar-refractivity contribution in [1.29, 1.82) is 0 Å². The molecule has 0 radical (unpaired) electrons. The zero-order chi connectivity index (χ0) is 25.9. The molecular formula is C26H22N2O7S. The molecule has 4 rings (SSSR count). The Bertz CT molecular complexity index is 1510. The van der Waals surface area contributed by atoms with Crippen LogP contribution in [0, 0.1) is 6.92 Å². The predicted octanol–water partition coefficient (Wildman–Crippen LogP) is 4.19. The summed E-state index contributed by atoms with van der Waals surface area (Å²) in [6.07, 6.45) is 0. The summed E-state index contributed by atoms with van der Waals surface area (Å²) >= 11 is 0. The van der Waals surface area contributed by atoms with E-state index in [-0.39, 0.29) is 27.6 Å². The first-order chi connectivity index (χ1) is 17.2. The van der Waals surface area contributed by atoms with Crippen molar-refractivity contribution in [2.75, 3.05) is 14.2 Å². The minimum absolute atomic E-state index is 0.0227. The van der Waals surface area contributed by atoms with Gasteiger partial charge in [0, 0.05) is 5.56 Å². The maximum atomic E-state index is 12.7. The lowest BCUT2D eigenvalue weighted by Crippen LogP contribution is -2.15. The molecule has 1 aromatic heterocycles. The van der Waals surface area contributed by atoms with Gasteiger partial charge in [-0.2, -0.15) is 13.5 Å². The standard InChI is InChI=1S/C26H22N2O7S/c1-17-9-15-21(16-10-17)36(31,32)35-20-13-11-18(12-14-20)23-22(25(29)33-2)24(26(30)34-3)28(27-23)19-7-5-4-6-8-19/h4-16H,1-3H3. The fourth-order valence-electron chi connectivity index (χ4n) is 3.50. The highest BCUT2D eigenvalue weighted by Gasteiger charge is 2.31. The van der Waals surface area contributed by atoms with Crippen LogP contribution in [-0.4, -0.2) is 44.4 Å². The average Bonchev–Trinajstić information content (AvgIpc) is 3.29. The molecule has 0 aliphatic heterocycles. The fourth-order valence-corrected chi connectivity index (χ4v) is 4.43. The van der Waals surface area contributed by atoms with Gasteiger partial charge in [0.05, 0.1) is 19.9 Å². The summed E-state index contributed by atoms with van der Waals surface area (Å²) in [7, 11) is -1.65. The van der Waals surface area contributed by atoms with Crippen LogP contribution in [0.15, 0.2) is 83.8 Å². The fraction of sp³-hybridized carbons (Fsp3) is 0.115. The van der Waals surface area contributed by atoms with Crippen molar-refractivity contribution in [2.24, 2.45) is 0 Å². The van der Waals surface area contributed by atoms with Gasteiger partial charge in [0.15, 0.2) is 5.69 Å². The molecule has 1 heterocycles. The van der Waals surface area contributed by atoms with E-state index in [0.29, 0.717) is 11.3 Å². The van der Waals surface area contributed by atoms with Crippen molar-refractivity contribution < 1.29 is 31.7 Å². The number of esters is 2. The molecule has 0 N–H and O–H groups in total. The largest absolute Gasteiger partial charge is 0.465 e. The number of aryl methyl sites for hydroxylation is 1. The number of hydrogen-bond acceptors (Lipinski definition) is 8. The molecule has 0 aliphatic carbocycles. The van der Waals surface area contributed by atoms with Gasteiger partial charge in [-0.15, -0.1) is 0 Å². The van der Waals surface area contributed by atoms with Crippen molar-refractivity contribution in [1.82, 2.24) is 9.78 Å². The van der Waals surface area contributed by atoms with E-state index in [2.05, 4.69) is 5.10 Å². The number of benzene rings is 3. The quantitative estimate of drug-likeness (QED) is 0.271. The summed E-state index contributed by atoms with van der Waals surface area (Å²) in [5, 5.41) is 4.50. The van der Waals surface area contributed by atoms with Crippen LogP contribution in [0.3, 0.4) is 0 Å². The predicted molar refractivity (Wildman–Crippen MR) is 131 cm³/mol. The number of carbonyl (C=O) groups excluding carboxylic acids is 2. The molecule has 0 aliphatic rings. The number of nitrogens with zero attached hydrogens (tertiary/aromatic N) is 2. The Morgan fingerprint density at radius 2 is 1.42 bits per heavy atom. The van der Waals surface area contributed by atoms with Gasteiger partial charge in [-0.3, -0.25) is 0 Å². The lowest BCUT2D eigenvalue weighted by molar-refractivity contribution is 0.0549. The van der Waals surface area contributed by atoms with Gasteiger partial charge in [-0.25, -0.2) is 14.3 Å². The zero-order valence-corrected chi connectivity index (χ0v) is 20.5. The summed E-state index contributed by atoms with van der Waals surface area (Å²) in [6.45, 7) is 1.85. The van der Waals surface area contributed by atoms with Gasteiger partial charge >= 0.3 is 22.1 Å². The monoisotopic (exact) mass is 506 g/mol. The van der Waals surface area contributed by atoms with Gasteiger partial charge in [0.2, 0.25) is 0 Å². The highest BCUT2D eigenvalue weighted by molar-refractivity contribution is 7.87. The maximum absolute atomic E-state index is 12.7. The second-order valence-corrected chi connectivity index (χ2v) is 9.22. The van der Waals surface area contributed by atoms with Crippen LogP contribution < -0.4 is 4.18 Å². The highest BCUT2D eigenvalue weighted by Crippen LogP contribution is 2.31. The Morgan fingerprint density at radius 1 is 0.806 bits per heavy atom. The molecule has 184 valence electrons. The topological polar surface area (TPSA) is 114 Å². The summed E-state index contributed by atoms with van der Waals surface area (Å²) in [5.41, 5.74) is 1.83. The number of para-hydroxylation sites is 1. The summed E-state index contributed by atoms with van der Waals surface area (Å²) in [4.78, 5) is 25.4. The molecule has 4 aromatic rings. The van der Waals surface area contributed by atoms with E-state index in [1.165, 1.54) is 55.3 Å². The number of ether oxygens (including phenoxy) is 2. The van der Waals surface area contributed by atoms with E-state index in [1.54, 1.807) is 42.5 Å². The van der Waals surface area contributed by atoms with Crippen molar-refractivity contribution in [3.63, 3.8) is 0 Å². The van der Waals surface area contributed by atoms with Crippen LogP contribution in [-0.2, 0) is 19.6 Å². The Kier molecular flexibility index (Phi) is 6.89. The number of hydrogen-bond donors (Lipinski definition) is 0. The van der Waals surface area contributed by atoms with Crippen molar-refractivity contribution in [3.8, 4) is 22.7 Å². The third kappa shape index (κ3) is 4.84. The summed E-state index contributed by atoms with van der Waals surface area (Å²) in [5.74, 6) is -1.49. The minimum Gasteiger partial charge on any atom is -0.465 e. The molecule has 0 amide bonds. The van der Waals surface area contributed by atoms with Gasteiger partial charge in [0.1, 0.15) is 21.9 Å². The Morgan fingerprint density at radius 3 is 2.00 bits per heavy atom. The van der Waals surface area contributed by atoms with E-state index < -0.39 is 22.1 Å². The lowest BCUT2D eigenvalue weighted by atomic mass is 10.1. The van der Waals surface area contributed by atoms with Crippen LogP contribution in [0.2, 0.25) is 0 Å². The van der Waals surface area contributed by atoms with Crippen molar-refractivity contribution in [3.05, 3.63) is 95.7 Å². The Labute approximate surface area is 208 Å². The lowest BCUT2D eigenvalue weighted by Gasteiger charge is -2.08. The molecule has 9 nitrogen and oxygen atoms in total. The minimum atomic E-state index is -4.04. The molecule has 3 aromatic carbocycles. The second kappa shape index (κ2) is 10.0. The first-order valence-electron chi connectivity index (χ1n) is 10.7. The maximum Gasteiger partial charge on any atom is 0.357 e. The van der Waals surface area contributed by atoms with Crippen LogP contribution in [0.25, 0.3) is 16.9 Å². The summed E-state index contributed by atoms with van der Waals surface area (Å²) < 4.78 is 41.6. The van der Waals surface area contributed by atoms with E-state index in [4.69, 9.17) is 13.7 Å². The normalized spacial score (nSPS) is 11.1. The molecule has 0 saturated carbocycles. The molecule has 10 heteroatoms. The van der Waals surface area contributed by atoms with Crippen molar-refractivity contribution >= 4 is 22.1 Å².